The van der Waals surface area contributed by atoms with Crippen LogP contribution in [-0.4, -0.2) is 41.0 Å². The Morgan fingerprint density at radius 2 is 2.07 bits per heavy atom. The van der Waals surface area contributed by atoms with Crippen LogP contribution in [0.4, 0.5) is 4.39 Å². The van der Waals surface area contributed by atoms with Crippen LogP contribution in [0.3, 0.4) is 0 Å². The molecule has 1 aliphatic rings. The maximum absolute atomic E-state index is 13.8. The number of rotatable bonds is 6. The summed E-state index contributed by atoms with van der Waals surface area (Å²) in [5, 5.41) is 6.78. The molecule has 28 heavy (non-hydrogen) atoms. The Morgan fingerprint density at radius 1 is 1.25 bits per heavy atom. The number of nitrogens with zero attached hydrogens (tertiary/aromatic N) is 3. The molecule has 0 aliphatic carbocycles. The largest absolute Gasteiger partial charge is 0.357 e. The van der Waals surface area contributed by atoms with E-state index < -0.39 is 0 Å². The predicted molar refractivity (Wildman–Crippen MR) is 111 cm³/mol. The van der Waals surface area contributed by atoms with Crippen LogP contribution in [0.25, 0.3) is 0 Å². The smallest absolute Gasteiger partial charge is 0.191 e. The molecule has 2 unspecified atom stereocenters. The van der Waals surface area contributed by atoms with E-state index in [1.807, 2.05) is 6.92 Å². The number of pyridine rings is 1. The number of halogens is 1. The molecule has 2 aromatic rings. The first-order chi connectivity index (χ1) is 13.7. The van der Waals surface area contributed by atoms with Gasteiger partial charge in [0.05, 0.1) is 12.2 Å². The summed E-state index contributed by atoms with van der Waals surface area (Å²) in [6, 6.07) is 14.5. The molecule has 1 fully saturated rings. The molecule has 2 atom stereocenters. The molecular weight excluding hydrogens is 353 g/mol. The topological polar surface area (TPSA) is 52.6 Å². The van der Waals surface area contributed by atoms with Crippen LogP contribution in [0.1, 0.15) is 37.9 Å². The minimum Gasteiger partial charge on any atom is -0.357 e. The first-order valence-electron chi connectivity index (χ1n) is 10.1. The van der Waals surface area contributed by atoms with Crippen LogP contribution in [0.5, 0.6) is 0 Å². The van der Waals surface area contributed by atoms with Crippen LogP contribution in [0.15, 0.2) is 53.7 Å². The Bertz CT molecular complexity index is 765. The van der Waals surface area contributed by atoms with Crippen LogP contribution < -0.4 is 10.6 Å². The molecule has 0 radical (unpaired) electrons. The van der Waals surface area contributed by atoms with Gasteiger partial charge in [-0.15, -0.1) is 0 Å². The number of likely N-dealkylation sites (tertiary alicyclic amines) is 1. The van der Waals surface area contributed by atoms with Gasteiger partial charge in [-0.05, 0) is 44.4 Å². The molecule has 6 heteroatoms. The minimum atomic E-state index is -0.315. The van der Waals surface area contributed by atoms with E-state index in [1.165, 1.54) is 11.6 Å². The molecule has 1 aliphatic heterocycles. The van der Waals surface area contributed by atoms with Gasteiger partial charge in [0.1, 0.15) is 5.82 Å². The second-order valence-electron chi connectivity index (χ2n) is 7.30. The average molecular weight is 384 g/mol. The minimum absolute atomic E-state index is 0.227. The monoisotopic (exact) mass is 383 g/mol. The normalized spacial score (nSPS) is 20.8. The number of piperidine rings is 1. The number of aromatic nitrogens is 1. The van der Waals surface area contributed by atoms with E-state index in [9.17, 15) is 4.39 Å². The van der Waals surface area contributed by atoms with Crippen molar-refractivity contribution in [1.82, 2.24) is 20.5 Å². The summed E-state index contributed by atoms with van der Waals surface area (Å²) >= 11 is 0. The summed E-state index contributed by atoms with van der Waals surface area (Å²) in [6.45, 7) is 7.33. The Balaban J connectivity index is 1.55. The number of hydrogen-bond acceptors (Lipinski definition) is 3. The molecule has 1 aromatic carbocycles. The lowest BCUT2D eigenvalue weighted by Crippen LogP contribution is -2.51. The fraction of sp³-hybridized carbons (Fsp3) is 0.455. The van der Waals surface area contributed by atoms with Gasteiger partial charge in [-0.1, -0.05) is 30.3 Å². The Hall–Kier alpha value is -2.47. The lowest BCUT2D eigenvalue weighted by molar-refractivity contribution is 0.134. The second kappa shape index (κ2) is 10.2. The van der Waals surface area contributed by atoms with Crippen molar-refractivity contribution in [2.45, 2.75) is 51.9 Å². The van der Waals surface area contributed by atoms with Crippen molar-refractivity contribution >= 4 is 5.96 Å². The highest BCUT2D eigenvalue weighted by molar-refractivity contribution is 5.80. The van der Waals surface area contributed by atoms with Crippen molar-refractivity contribution in [3.05, 3.63) is 65.7 Å². The zero-order valence-corrected chi connectivity index (χ0v) is 16.7. The molecule has 150 valence electrons. The van der Waals surface area contributed by atoms with Crippen molar-refractivity contribution in [2.24, 2.45) is 4.99 Å². The fourth-order valence-electron chi connectivity index (χ4n) is 3.61. The number of nitrogens with one attached hydrogen (secondary N) is 2. The number of guanidine groups is 1. The zero-order valence-electron chi connectivity index (χ0n) is 16.7. The van der Waals surface area contributed by atoms with E-state index >= 15 is 0 Å². The molecule has 0 saturated carbocycles. The summed E-state index contributed by atoms with van der Waals surface area (Å²) in [5.74, 6) is 0.409. The van der Waals surface area contributed by atoms with Crippen molar-refractivity contribution in [3.63, 3.8) is 0 Å². The van der Waals surface area contributed by atoms with Crippen molar-refractivity contribution in [3.8, 4) is 0 Å². The van der Waals surface area contributed by atoms with E-state index in [-0.39, 0.29) is 12.4 Å². The highest BCUT2D eigenvalue weighted by Crippen LogP contribution is 2.20. The highest BCUT2D eigenvalue weighted by Gasteiger charge is 2.26. The van der Waals surface area contributed by atoms with Crippen LogP contribution >= 0.6 is 0 Å². The fourth-order valence-corrected chi connectivity index (χ4v) is 3.61. The summed E-state index contributed by atoms with van der Waals surface area (Å²) in [5.41, 5.74) is 1.72. The van der Waals surface area contributed by atoms with E-state index in [2.05, 4.69) is 62.8 Å². The van der Waals surface area contributed by atoms with E-state index in [1.54, 1.807) is 12.3 Å². The lowest BCUT2D eigenvalue weighted by atomic mass is 9.97. The van der Waals surface area contributed by atoms with Gasteiger partial charge in [0, 0.05) is 37.9 Å². The van der Waals surface area contributed by atoms with Gasteiger partial charge in [0.2, 0.25) is 0 Å². The van der Waals surface area contributed by atoms with Crippen molar-refractivity contribution in [1.29, 1.82) is 0 Å². The third-order valence-corrected chi connectivity index (χ3v) is 5.15. The summed E-state index contributed by atoms with van der Waals surface area (Å²) in [7, 11) is 0. The molecule has 2 heterocycles. The zero-order chi connectivity index (χ0) is 19.8. The number of benzene rings is 1. The molecule has 2 N–H and O–H groups in total. The average Bonchev–Trinajstić information content (AvgIpc) is 2.70. The molecule has 0 amide bonds. The summed E-state index contributed by atoms with van der Waals surface area (Å²) in [6.07, 6.45) is 3.70. The van der Waals surface area contributed by atoms with E-state index in [0.29, 0.717) is 17.8 Å². The third kappa shape index (κ3) is 5.76. The SMILES string of the molecule is CCNC(=NCc1ncccc1F)NC1CCN(Cc2ccccc2)C(C)C1. The summed E-state index contributed by atoms with van der Waals surface area (Å²) in [4.78, 5) is 11.1. The first kappa shape index (κ1) is 20.3. The quantitative estimate of drug-likeness (QED) is 0.593. The third-order valence-electron chi connectivity index (χ3n) is 5.15. The Morgan fingerprint density at radius 3 is 2.79 bits per heavy atom. The van der Waals surface area contributed by atoms with Gasteiger partial charge in [-0.2, -0.15) is 0 Å². The van der Waals surface area contributed by atoms with Gasteiger partial charge >= 0.3 is 0 Å². The van der Waals surface area contributed by atoms with Gasteiger partial charge < -0.3 is 10.6 Å². The highest BCUT2D eigenvalue weighted by atomic mass is 19.1. The van der Waals surface area contributed by atoms with Gasteiger partial charge in [-0.3, -0.25) is 9.88 Å². The predicted octanol–water partition coefficient (Wildman–Crippen LogP) is 3.33. The molecule has 3 rings (SSSR count). The number of aliphatic imine (C=N–C) groups is 1. The molecule has 1 saturated heterocycles. The van der Waals surface area contributed by atoms with Gasteiger partial charge in [0.25, 0.3) is 0 Å². The molecule has 1 aromatic heterocycles. The molecular formula is C22H30FN5. The maximum atomic E-state index is 13.8. The Labute approximate surface area is 167 Å². The standard InChI is InChI=1S/C22H30FN5/c1-3-24-22(26-15-21-20(23)10-7-12-25-21)27-19-11-13-28(17(2)14-19)16-18-8-5-4-6-9-18/h4-10,12,17,19H,3,11,13-16H2,1-2H3,(H2,24,26,27). The van der Waals surface area contributed by atoms with Crippen molar-refractivity contribution < 1.29 is 4.39 Å². The molecule has 0 bridgehead atoms. The maximum Gasteiger partial charge on any atom is 0.191 e. The van der Waals surface area contributed by atoms with Gasteiger partial charge in [-0.25, -0.2) is 9.38 Å². The summed E-state index contributed by atoms with van der Waals surface area (Å²) < 4.78 is 13.8. The van der Waals surface area contributed by atoms with Crippen LogP contribution in [-0.2, 0) is 13.1 Å². The van der Waals surface area contributed by atoms with Crippen LogP contribution in [0.2, 0.25) is 0 Å². The number of hydrogen-bond donors (Lipinski definition) is 2. The lowest BCUT2D eigenvalue weighted by Gasteiger charge is -2.38. The molecule has 0 spiro atoms. The van der Waals surface area contributed by atoms with Gasteiger partial charge in [0.15, 0.2) is 5.96 Å². The van der Waals surface area contributed by atoms with E-state index in [0.717, 1.165) is 38.4 Å². The molecule has 5 nitrogen and oxygen atoms in total. The van der Waals surface area contributed by atoms with Crippen molar-refractivity contribution in [2.75, 3.05) is 13.1 Å². The van der Waals surface area contributed by atoms with Crippen LogP contribution in [0, 0.1) is 5.82 Å². The van der Waals surface area contributed by atoms with E-state index in [4.69, 9.17) is 0 Å². The first-order valence-corrected chi connectivity index (χ1v) is 10.1. The Kier molecular flexibility index (Phi) is 7.37. The second-order valence-corrected chi connectivity index (χ2v) is 7.30.